The van der Waals surface area contributed by atoms with Crippen LogP contribution in [0.4, 0.5) is 0 Å². The fraction of sp³-hybridized carbons (Fsp3) is 0.739. The molecule has 2 rings (SSSR count). The van der Waals surface area contributed by atoms with Gasteiger partial charge in [-0.15, -0.1) is 0 Å². The van der Waals surface area contributed by atoms with Crippen molar-refractivity contribution < 1.29 is 39.0 Å². The summed E-state index contributed by atoms with van der Waals surface area (Å²) in [7, 11) is 1.57. The van der Waals surface area contributed by atoms with E-state index in [4.69, 9.17) is 5.73 Å². The van der Waals surface area contributed by atoms with E-state index in [2.05, 4.69) is 21.3 Å². The van der Waals surface area contributed by atoms with Crippen molar-refractivity contribution >= 4 is 35.4 Å². The van der Waals surface area contributed by atoms with Crippen molar-refractivity contribution in [3.8, 4) is 0 Å². The molecule has 2 heterocycles. The van der Waals surface area contributed by atoms with E-state index < -0.39 is 78.4 Å². The van der Waals surface area contributed by atoms with Gasteiger partial charge in [-0.2, -0.15) is 0 Å². The zero-order chi connectivity index (χ0) is 28.6. The Morgan fingerprint density at radius 3 is 1.97 bits per heavy atom. The third-order valence-electron chi connectivity index (χ3n) is 6.59. The minimum atomic E-state index is -1.35. The van der Waals surface area contributed by atoms with E-state index in [0.29, 0.717) is 25.7 Å². The number of hydrogen-bond acceptors (Lipinski definition) is 9. The number of aliphatic hydroxyl groups excluding tert-OH is 2. The predicted octanol–water partition coefficient (Wildman–Crippen LogP) is -4.48. The summed E-state index contributed by atoms with van der Waals surface area (Å²) in [4.78, 5) is 77.8. The maximum Gasteiger partial charge on any atom is 0.248 e. The SMILES string of the molecule is CNCC(=O)NCC(=O)N[C@H](C(=O)N1CCC[C@H]1C(=O)N1CCC[C@H]1C(=O)N[C@H](C(N)=O)[C@@H](C)O)[C@@H](C)O. The van der Waals surface area contributed by atoms with Crippen LogP contribution < -0.4 is 27.0 Å². The smallest absolute Gasteiger partial charge is 0.248 e. The number of likely N-dealkylation sites (N-methyl/N-ethyl adjacent to an activating group) is 1. The highest BCUT2D eigenvalue weighted by Gasteiger charge is 2.44. The molecule has 0 bridgehead atoms. The first-order valence-electron chi connectivity index (χ1n) is 12.7. The topological polar surface area (TPSA) is 224 Å². The number of hydrogen-bond donors (Lipinski definition) is 7. The molecule has 0 radical (unpaired) electrons. The second-order valence-electron chi connectivity index (χ2n) is 9.60. The van der Waals surface area contributed by atoms with Gasteiger partial charge in [-0.1, -0.05) is 0 Å². The standard InChI is InChI=1S/C23H39N7O8/c1-12(31)18(20(24)35)28-21(36)14-6-4-8-29(14)22(37)15-7-5-9-30(15)23(38)19(13(2)32)27-17(34)11-26-16(33)10-25-3/h12-15,18-19,25,31-32H,4-11H2,1-3H3,(H2,24,35)(H,26,33)(H,27,34)(H,28,36)/t12-,13-,14+,15+,18+,19+/m1/s1. The molecule has 2 saturated heterocycles. The first kappa shape index (κ1) is 30.9. The molecule has 214 valence electrons. The van der Waals surface area contributed by atoms with Gasteiger partial charge in [-0.25, -0.2) is 0 Å². The zero-order valence-corrected chi connectivity index (χ0v) is 21.9. The largest absolute Gasteiger partial charge is 0.391 e. The summed E-state index contributed by atoms with van der Waals surface area (Å²) in [6.07, 6.45) is -0.838. The number of rotatable bonds is 12. The number of nitrogens with two attached hydrogens (primary N) is 1. The number of amides is 6. The van der Waals surface area contributed by atoms with Crippen LogP contribution >= 0.6 is 0 Å². The number of nitrogens with one attached hydrogen (secondary N) is 4. The van der Waals surface area contributed by atoms with Crippen LogP contribution in [0.2, 0.25) is 0 Å². The number of carbonyl (C=O) groups is 6. The van der Waals surface area contributed by atoms with E-state index in [1.807, 2.05) is 0 Å². The van der Waals surface area contributed by atoms with Crippen LogP contribution in [-0.4, -0.2) is 125 Å². The fourth-order valence-electron chi connectivity index (χ4n) is 4.65. The van der Waals surface area contributed by atoms with E-state index in [9.17, 15) is 39.0 Å². The van der Waals surface area contributed by atoms with Gasteiger partial charge in [0.25, 0.3) is 0 Å². The van der Waals surface area contributed by atoms with Gasteiger partial charge in [-0.3, -0.25) is 28.8 Å². The van der Waals surface area contributed by atoms with Gasteiger partial charge >= 0.3 is 0 Å². The zero-order valence-electron chi connectivity index (χ0n) is 21.9. The van der Waals surface area contributed by atoms with Gasteiger partial charge in [0, 0.05) is 13.1 Å². The van der Waals surface area contributed by atoms with E-state index in [1.165, 1.54) is 23.6 Å². The maximum absolute atomic E-state index is 13.5. The Labute approximate surface area is 220 Å². The molecule has 2 aliphatic heterocycles. The second-order valence-corrected chi connectivity index (χ2v) is 9.60. The van der Waals surface area contributed by atoms with E-state index in [-0.39, 0.29) is 19.6 Å². The Morgan fingerprint density at radius 1 is 0.842 bits per heavy atom. The van der Waals surface area contributed by atoms with Crippen LogP contribution in [0.3, 0.4) is 0 Å². The van der Waals surface area contributed by atoms with Crippen molar-refractivity contribution in [1.29, 1.82) is 0 Å². The third kappa shape index (κ3) is 7.85. The molecular formula is C23H39N7O8. The number of carbonyl (C=O) groups excluding carboxylic acids is 6. The van der Waals surface area contributed by atoms with Gasteiger partial charge < -0.3 is 47.0 Å². The van der Waals surface area contributed by atoms with Crippen molar-refractivity contribution in [2.75, 3.05) is 33.2 Å². The molecule has 0 aromatic heterocycles. The molecule has 2 aliphatic rings. The third-order valence-corrected chi connectivity index (χ3v) is 6.59. The number of nitrogens with zero attached hydrogens (tertiary/aromatic N) is 2. The molecule has 2 fully saturated rings. The van der Waals surface area contributed by atoms with Crippen LogP contribution in [0.1, 0.15) is 39.5 Å². The highest BCUT2D eigenvalue weighted by atomic mass is 16.3. The highest BCUT2D eigenvalue weighted by molar-refractivity contribution is 5.96. The molecule has 0 spiro atoms. The van der Waals surface area contributed by atoms with Crippen LogP contribution in [0, 0.1) is 0 Å². The number of aliphatic hydroxyl groups is 2. The average Bonchev–Trinajstić information content (AvgIpc) is 3.53. The lowest BCUT2D eigenvalue weighted by Crippen LogP contribution is -2.60. The Kier molecular flexibility index (Phi) is 11.4. The lowest BCUT2D eigenvalue weighted by Gasteiger charge is -2.34. The molecule has 6 atom stereocenters. The van der Waals surface area contributed by atoms with E-state index in [0.717, 1.165) is 0 Å². The van der Waals surface area contributed by atoms with E-state index >= 15 is 0 Å². The quantitative estimate of drug-likeness (QED) is 0.126. The fourth-order valence-corrected chi connectivity index (χ4v) is 4.65. The summed E-state index contributed by atoms with van der Waals surface area (Å²) in [6, 6.07) is -4.48. The molecule has 0 saturated carbocycles. The summed E-state index contributed by atoms with van der Waals surface area (Å²) in [6.45, 7) is 2.71. The first-order valence-corrected chi connectivity index (χ1v) is 12.7. The minimum Gasteiger partial charge on any atom is -0.391 e. The molecule has 15 nitrogen and oxygen atoms in total. The van der Waals surface area contributed by atoms with Crippen LogP contribution in [0.5, 0.6) is 0 Å². The summed E-state index contributed by atoms with van der Waals surface area (Å²) >= 11 is 0. The van der Waals surface area contributed by atoms with Gasteiger partial charge in [0.2, 0.25) is 35.4 Å². The molecule has 8 N–H and O–H groups in total. The number of likely N-dealkylation sites (tertiary alicyclic amines) is 2. The molecule has 0 aliphatic carbocycles. The monoisotopic (exact) mass is 541 g/mol. The van der Waals surface area contributed by atoms with E-state index in [1.54, 1.807) is 7.05 Å². The molecule has 0 unspecified atom stereocenters. The van der Waals surface area contributed by atoms with Crippen molar-refractivity contribution in [1.82, 2.24) is 31.1 Å². The molecule has 0 aromatic carbocycles. The maximum atomic E-state index is 13.5. The van der Waals surface area contributed by atoms with Crippen molar-refractivity contribution in [3.63, 3.8) is 0 Å². The number of primary amides is 1. The lowest BCUT2D eigenvalue weighted by atomic mass is 10.1. The van der Waals surface area contributed by atoms with Gasteiger partial charge in [-0.05, 0) is 46.6 Å². The highest BCUT2D eigenvalue weighted by Crippen LogP contribution is 2.26. The predicted molar refractivity (Wildman–Crippen MR) is 133 cm³/mol. The van der Waals surface area contributed by atoms with Gasteiger partial charge in [0.15, 0.2) is 0 Å². The van der Waals surface area contributed by atoms with Crippen molar-refractivity contribution in [2.24, 2.45) is 5.73 Å². The molecule has 15 heteroatoms. The second kappa shape index (κ2) is 14.0. The molecular weight excluding hydrogens is 502 g/mol. The Morgan fingerprint density at radius 2 is 1.42 bits per heavy atom. The molecule has 6 amide bonds. The van der Waals surface area contributed by atoms with Crippen molar-refractivity contribution in [3.05, 3.63) is 0 Å². The van der Waals surface area contributed by atoms with Gasteiger partial charge in [0.1, 0.15) is 24.2 Å². The summed E-state index contributed by atoms with van der Waals surface area (Å²) in [5.41, 5.74) is 5.25. The van der Waals surface area contributed by atoms with Crippen LogP contribution in [0.15, 0.2) is 0 Å². The first-order chi connectivity index (χ1) is 17.9. The van der Waals surface area contributed by atoms with Crippen LogP contribution in [0.25, 0.3) is 0 Å². The average molecular weight is 542 g/mol. The molecule has 0 aromatic rings. The Hall–Kier alpha value is -3.30. The summed E-state index contributed by atoms with van der Waals surface area (Å²) < 4.78 is 0. The Bertz CT molecular complexity index is 912. The minimum absolute atomic E-state index is 0.00133. The van der Waals surface area contributed by atoms with Gasteiger partial charge in [0.05, 0.1) is 25.3 Å². The Balaban J connectivity index is 2.10. The molecule has 38 heavy (non-hydrogen) atoms. The van der Waals surface area contributed by atoms with Crippen LogP contribution in [-0.2, 0) is 28.8 Å². The summed E-state index contributed by atoms with van der Waals surface area (Å²) in [5.74, 6) is -3.78. The normalized spacial score (nSPS) is 22.2. The van der Waals surface area contributed by atoms with Crippen molar-refractivity contribution in [2.45, 2.75) is 75.9 Å². The lowest BCUT2D eigenvalue weighted by molar-refractivity contribution is -0.149. The summed E-state index contributed by atoms with van der Waals surface area (Å²) in [5, 5.41) is 29.8.